The van der Waals surface area contributed by atoms with E-state index in [9.17, 15) is 9.59 Å². The molecule has 0 unspecified atom stereocenters. The van der Waals surface area contributed by atoms with Crippen LogP contribution in [0.2, 0.25) is 0 Å². The number of furan rings is 1. The standard InChI is InChI=1S/C17H15N5O3/c1-22(2)14-6-3-9(8-18-14)10-4-5-12-11(19-10)7-13(25-12)15-16(23)21-17(24)20-15/h3-8,15H,1-2H3,(H2,20,21,23,24)/t15-/m0/s1. The van der Waals surface area contributed by atoms with Crippen LogP contribution in [0.1, 0.15) is 11.8 Å². The van der Waals surface area contributed by atoms with E-state index in [-0.39, 0.29) is 0 Å². The lowest BCUT2D eigenvalue weighted by Gasteiger charge is -2.10. The highest BCUT2D eigenvalue weighted by molar-refractivity contribution is 6.04. The number of nitrogens with zero attached hydrogens (tertiary/aromatic N) is 3. The third kappa shape index (κ3) is 2.67. The molecule has 3 amide bonds. The van der Waals surface area contributed by atoms with Crippen LogP contribution in [0.25, 0.3) is 22.4 Å². The minimum atomic E-state index is -0.828. The quantitative estimate of drug-likeness (QED) is 0.707. The van der Waals surface area contributed by atoms with Crippen molar-refractivity contribution in [3.05, 3.63) is 42.3 Å². The van der Waals surface area contributed by atoms with E-state index in [1.165, 1.54) is 0 Å². The molecule has 0 aromatic carbocycles. The molecular weight excluding hydrogens is 322 g/mol. The lowest BCUT2D eigenvalue weighted by Crippen LogP contribution is -2.22. The molecule has 3 aromatic heterocycles. The smallest absolute Gasteiger partial charge is 0.322 e. The predicted octanol–water partition coefficient (Wildman–Crippen LogP) is 1.84. The molecule has 1 atom stereocenters. The summed E-state index contributed by atoms with van der Waals surface area (Å²) < 4.78 is 5.65. The van der Waals surface area contributed by atoms with Crippen LogP contribution < -0.4 is 15.5 Å². The third-order valence-corrected chi connectivity index (χ3v) is 3.95. The van der Waals surface area contributed by atoms with Crippen LogP contribution in [0.3, 0.4) is 0 Å². The summed E-state index contributed by atoms with van der Waals surface area (Å²) >= 11 is 0. The van der Waals surface area contributed by atoms with Crippen LogP contribution in [0.15, 0.2) is 40.9 Å². The van der Waals surface area contributed by atoms with Crippen molar-refractivity contribution in [2.75, 3.05) is 19.0 Å². The van der Waals surface area contributed by atoms with E-state index in [1.54, 1.807) is 18.3 Å². The Morgan fingerprint density at radius 1 is 1.16 bits per heavy atom. The SMILES string of the molecule is CN(C)c1ccc(-c2ccc3oc([C@@H]4NC(=O)NC4=O)cc3n2)cn1. The molecule has 0 spiro atoms. The normalized spacial score (nSPS) is 16.8. The summed E-state index contributed by atoms with van der Waals surface area (Å²) in [7, 11) is 3.86. The molecule has 8 nitrogen and oxygen atoms in total. The molecule has 1 fully saturated rings. The second-order valence-electron chi connectivity index (χ2n) is 5.92. The third-order valence-electron chi connectivity index (χ3n) is 3.95. The average Bonchev–Trinajstić information content (AvgIpc) is 3.16. The zero-order valence-electron chi connectivity index (χ0n) is 13.6. The fraction of sp³-hybridized carbons (Fsp3) is 0.176. The number of rotatable bonds is 3. The zero-order chi connectivity index (χ0) is 17.6. The number of hydrogen-bond donors (Lipinski definition) is 2. The summed E-state index contributed by atoms with van der Waals surface area (Å²) in [4.78, 5) is 33.9. The highest BCUT2D eigenvalue weighted by atomic mass is 16.3. The molecule has 0 saturated carbocycles. The van der Waals surface area contributed by atoms with E-state index in [1.807, 2.05) is 37.2 Å². The first kappa shape index (κ1) is 15.1. The Morgan fingerprint density at radius 2 is 2.00 bits per heavy atom. The van der Waals surface area contributed by atoms with Crippen molar-refractivity contribution in [2.24, 2.45) is 0 Å². The van der Waals surface area contributed by atoms with Gasteiger partial charge in [0.15, 0.2) is 11.6 Å². The van der Waals surface area contributed by atoms with E-state index < -0.39 is 18.0 Å². The van der Waals surface area contributed by atoms with Crippen molar-refractivity contribution in [1.29, 1.82) is 0 Å². The summed E-state index contributed by atoms with van der Waals surface area (Å²) in [6, 6.07) is 7.78. The van der Waals surface area contributed by atoms with Crippen LogP contribution in [0, 0.1) is 0 Å². The van der Waals surface area contributed by atoms with Gasteiger partial charge in [0.1, 0.15) is 17.1 Å². The molecule has 25 heavy (non-hydrogen) atoms. The monoisotopic (exact) mass is 337 g/mol. The first-order valence-electron chi connectivity index (χ1n) is 7.67. The van der Waals surface area contributed by atoms with Gasteiger partial charge < -0.3 is 14.6 Å². The first-order chi connectivity index (χ1) is 12.0. The van der Waals surface area contributed by atoms with Crippen LogP contribution >= 0.6 is 0 Å². The first-order valence-corrected chi connectivity index (χ1v) is 7.67. The van der Waals surface area contributed by atoms with Crippen LogP contribution in [0.4, 0.5) is 10.6 Å². The number of carbonyl (C=O) groups excluding carboxylic acids is 2. The number of aromatic nitrogens is 2. The minimum Gasteiger partial charge on any atom is -0.457 e. The van der Waals surface area contributed by atoms with E-state index in [0.717, 1.165) is 17.1 Å². The second-order valence-corrected chi connectivity index (χ2v) is 5.92. The summed E-state index contributed by atoms with van der Waals surface area (Å²) in [6.07, 6.45) is 1.76. The Balaban J connectivity index is 1.68. The number of hydrogen-bond acceptors (Lipinski definition) is 6. The molecule has 126 valence electrons. The molecule has 1 aliphatic rings. The summed E-state index contributed by atoms with van der Waals surface area (Å²) in [6.45, 7) is 0. The maximum absolute atomic E-state index is 11.8. The van der Waals surface area contributed by atoms with Crippen molar-refractivity contribution < 1.29 is 14.0 Å². The number of nitrogens with one attached hydrogen (secondary N) is 2. The molecule has 4 rings (SSSR count). The largest absolute Gasteiger partial charge is 0.457 e. The predicted molar refractivity (Wildman–Crippen MR) is 91.0 cm³/mol. The fourth-order valence-electron chi connectivity index (χ4n) is 2.67. The van der Waals surface area contributed by atoms with Crippen molar-refractivity contribution in [3.8, 4) is 11.3 Å². The molecule has 1 aliphatic heterocycles. The van der Waals surface area contributed by atoms with Crippen LogP contribution in [-0.4, -0.2) is 36.0 Å². The highest BCUT2D eigenvalue weighted by Gasteiger charge is 2.33. The number of amides is 3. The van der Waals surface area contributed by atoms with Gasteiger partial charge in [-0.15, -0.1) is 0 Å². The van der Waals surface area contributed by atoms with Crippen molar-refractivity contribution in [2.45, 2.75) is 6.04 Å². The maximum atomic E-state index is 11.8. The summed E-state index contributed by atoms with van der Waals surface area (Å²) in [5.41, 5.74) is 2.78. The average molecular weight is 337 g/mol. The Hall–Kier alpha value is -3.42. The topological polar surface area (TPSA) is 100 Å². The van der Waals surface area contributed by atoms with Gasteiger partial charge in [0.05, 0.1) is 5.69 Å². The molecule has 0 radical (unpaired) electrons. The van der Waals surface area contributed by atoms with Gasteiger partial charge in [-0.25, -0.2) is 14.8 Å². The Kier molecular flexibility index (Phi) is 3.38. The van der Waals surface area contributed by atoms with Crippen molar-refractivity contribution in [1.82, 2.24) is 20.6 Å². The Bertz CT molecular complexity index is 978. The Labute approximate surface area is 142 Å². The molecule has 2 N–H and O–H groups in total. The highest BCUT2D eigenvalue weighted by Crippen LogP contribution is 2.27. The lowest BCUT2D eigenvalue weighted by molar-refractivity contribution is -0.120. The maximum Gasteiger partial charge on any atom is 0.322 e. The Morgan fingerprint density at radius 3 is 2.64 bits per heavy atom. The van der Waals surface area contributed by atoms with E-state index in [2.05, 4.69) is 20.6 Å². The number of urea groups is 1. The minimum absolute atomic E-state index is 0.351. The number of imide groups is 1. The molecule has 1 saturated heterocycles. The van der Waals surface area contributed by atoms with Gasteiger partial charge in [-0.3, -0.25) is 10.1 Å². The number of anilines is 1. The van der Waals surface area contributed by atoms with Crippen LogP contribution in [-0.2, 0) is 4.79 Å². The molecule has 4 heterocycles. The van der Waals surface area contributed by atoms with Gasteiger partial charge in [0.25, 0.3) is 5.91 Å². The number of fused-ring (bicyclic) bond motifs is 1. The number of pyridine rings is 2. The van der Waals surface area contributed by atoms with Gasteiger partial charge in [0.2, 0.25) is 0 Å². The molecule has 8 heteroatoms. The van der Waals surface area contributed by atoms with E-state index in [4.69, 9.17) is 4.42 Å². The zero-order valence-corrected chi connectivity index (χ0v) is 13.6. The van der Waals surface area contributed by atoms with Crippen molar-refractivity contribution >= 4 is 28.9 Å². The summed E-state index contributed by atoms with van der Waals surface area (Å²) in [5, 5.41) is 4.69. The van der Waals surface area contributed by atoms with Gasteiger partial charge >= 0.3 is 6.03 Å². The van der Waals surface area contributed by atoms with Gasteiger partial charge in [-0.05, 0) is 24.3 Å². The number of carbonyl (C=O) groups is 2. The molecule has 0 aliphatic carbocycles. The van der Waals surface area contributed by atoms with E-state index >= 15 is 0 Å². The van der Waals surface area contributed by atoms with Gasteiger partial charge in [0, 0.05) is 31.9 Å². The van der Waals surface area contributed by atoms with E-state index in [0.29, 0.717) is 16.9 Å². The summed E-state index contributed by atoms with van der Waals surface area (Å²) in [5.74, 6) is 0.773. The molecule has 3 aromatic rings. The van der Waals surface area contributed by atoms with Crippen LogP contribution in [0.5, 0.6) is 0 Å². The molecule has 0 bridgehead atoms. The van der Waals surface area contributed by atoms with Crippen molar-refractivity contribution in [3.63, 3.8) is 0 Å². The molecular formula is C17H15N5O3. The van der Waals surface area contributed by atoms with Gasteiger partial charge in [-0.2, -0.15) is 0 Å². The van der Waals surface area contributed by atoms with Gasteiger partial charge in [-0.1, -0.05) is 0 Å². The fourth-order valence-corrected chi connectivity index (χ4v) is 2.67. The lowest BCUT2D eigenvalue weighted by atomic mass is 10.2. The second kappa shape index (κ2) is 5.59.